The maximum absolute atomic E-state index is 13.1. The van der Waals surface area contributed by atoms with Crippen molar-refractivity contribution in [3.63, 3.8) is 0 Å². The van der Waals surface area contributed by atoms with Crippen molar-refractivity contribution in [1.29, 1.82) is 0 Å². The van der Waals surface area contributed by atoms with Gasteiger partial charge >= 0.3 is 0 Å². The highest BCUT2D eigenvalue weighted by atomic mass is 16.2. The monoisotopic (exact) mass is 408 g/mol. The van der Waals surface area contributed by atoms with E-state index in [1.165, 1.54) is 16.7 Å². The first-order chi connectivity index (χ1) is 14.2. The van der Waals surface area contributed by atoms with Crippen molar-refractivity contribution in [3.05, 3.63) is 68.9 Å². The molecule has 0 spiro atoms. The highest BCUT2D eigenvalue weighted by molar-refractivity contribution is 5.94. The third-order valence-corrected chi connectivity index (χ3v) is 4.76. The number of anilines is 1. The lowest BCUT2D eigenvalue weighted by atomic mass is 10.2. The van der Waals surface area contributed by atoms with E-state index in [4.69, 9.17) is 5.73 Å². The molecule has 0 unspecified atom stereocenters. The lowest BCUT2D eigenvalue weighted by Crippen LogP contribution is -2.34. The molecule has 0 saturated heterocycles. The second-order valence-corrected chi connectivity index (χ2v) is 7.05. The van der Waals surface area contributed by atoms with Gasteiger partial charge in [-0.05, 0) is 57.5 Å². The molecule has 0 bridgehead atoms. The molecule has 3 aromatic rings. The van der Waals surface area contributed by atoms with Gasteiger partial charge in [-0.1, -0.05) is 6.92 Å². The highest BCUT2D eigenvalue weighted by Crippen LogP contribution is 2.13. The Morgan fingerprint density at radius 2 is 1.80 bits per heavy atom. The Bertz CT molecular complexity index is 1170. The van der Waals surface area contributed by atoms with Gasteiger partial charge in [-0.2, -0.15) is 5.10 Å². The van der Waals surface area contributed by atoms with Crippen LogP contribution in [0.15, 0.2) is 35.1 Å². The van der Waals surface area contributed by atoms with E-state index in [-0.39, 0.29) is 12.1 Å². The van der Waals surface area contributed by atoms with Gasteiger partial charge in [-0.15, -0.1) is 0 Å². The Labute approximate surface area is 173 Å². The van der Waals surface area contributed by atoms with Crippen LogP contribution in [0.2, 0.25) is 0 Å². The average Bonchev–Trinajstić information content (AvgIpc) is 3.02. The normalized spacial score (nSPS) is 10.8. The van der Waals surface area contributed by atoms with E-state index in [1.54, 1.807) is 23.7 Å². The number of carbonyl (C=O) groups is 2. The number of aromatic nitrogens is 4. The van der Waals surface area contributed by atoms with Crippen molar-refractivity contribution in [2.24, 2.45) is 5.73 Å². The number of hydrogen-bond acceptors (Lipinski definition) is 5. The molecule has 0 aliphatic carbocycles. The van der Waals surface area contributed by atoms with E-state index in [1.807, 2.05) is 26.8 Å². The van der Waals surface area contributed by atoms with E-state index >= 15 is 0 Å². The maximum atomic E-state index is 13.1. The van der Waals surface area contributed by atoms with Gasteiger partial charge < -0.3 is 11.1 Å². The van der Waals surface area contributed by atoms with Crippen LogP contribution < -0.4 is 16.6 Å². The van der Waals surface area contributed by atoms with Crippen LogP contribution in [0.5, 0.6) is 0 Å². The highest BCUT2D eigenvalue weighted by Gasteiger charge is 2.19. The molecule has 2 amide bonds. The number of aryl methyl sites for hydroxylation is 3. The molecule has 3 rings (SSSR count). The largest absolute Gasteiger partial charge is 0.366 e. The summed E-state index contributed by atoms with van der Waals surface area (Å²) in [6.07, 6.45) is 0.505. The van der Waals surface area contributed by atoms with Gasteiger partial charge in [0.15, 0.2) is 0 Å². The number of amides is 2. The third-order valence-electron chi connectivity index (χ3n) is 4.76. The summed E-state index contributed by atoms with van der Waals surface area (Å²) < 4.78 is 2.90. The molecule has 156 valence electrons. The Hall–Kier alpha value is -3.75. The summed E-state index contributed by atoms with van der Waals surface area (Å²) in [5.74, 6) is -0.661. The predicted octanol–water partition coefficient (Wildman–Crippen LogP) is 1.65. The van der Waals surface area contributed by atoms with Crippen LogP contribution in [0.4, 0.5) is 5.69 Å². The van der Waals surface area contributed by atoms with Crippen molar-refractivity contribution >= 4 is 17.5 Å². The molecule has 3 N–H and O–H groups in total. The zero-order valence-corrected chi connectivity index (χ0v) is 17.4. The fraction of sp³-hybridized carbons (Fsp3) is 0.286. The predicted molar refractivity (Wildman–Crippen MR) is 113 cm³/mol. The van der Waals surface area contributed by atoms with Gasteiger partial charge in [0.05, 0.1) is 11.4 Å². The number of hydrogen-bond donors (Lipinski definition) is 2. The topological polar surface area (TPSA) is 125 Å². The van der Waals surface area contributed by atoms with E-state index in [2.05, 4.69) is 15.4 Å². The zero-order chi connectivity index (χ0) is 22.0. The smallest absolute Gasteiger partial charge is 0.258 e. The van der Waals surface area contributed by atoms with Gasteiger partial charge in [-0.3, -0.25) is 19.0 Å². The molecule has 0 saturated carbocycles. The minimum Gasteiger partial charge on any atom is -0.366 e. The van der Waals surface area contributed by atoms with E-state index < -0.39 is 11.8 Å². The molecule has 2 aromatic heterocycles. The molecule has 0 aliphatic heterocycles. The SMILES string of the molecule is CCc1c(C)nc(-n2nc(C)cc2C)n(CC(=O)Nc2ccc(C(N)=O)cc2)c1=O. The van der Waals surface area contributed by atoms with Crippen LogP contribution >= 0.6 is 0 Å². The molecule has 30 heavy (non-hydrogen) atoms. The zero-order valence-electron chi connectivity index (χ0n) is 17.4. The molecule has 9 heteroatoms. The summed E-state index contributed by atoms with van der Waals surface area (Å²) in [4.78, 5) is 41.5. The Balaban J connectivity index is 1.97. The van der Waals surface area contributed by atoms with Gasteiger partial charge in [-0.25, -0.2) is 9.67 Å². The number of benzene rings is 1. The molecule has 0 aliphatic rings. The van der Waals surface area contributed by atoms with Crippen LogP contribution in [-0.2, 0) is 17.8 Å². The summed E-state index contributed by atoms with van der Waals surface area (Å²) in [5.41, 5.74) is 8.54. The first-order valence-corrected chi connectivity index (χ1v) is 9.55. The summed E-state index contributed by atoms with van der Waals surface area (Å²) in [6.45, 7) is 7.13. The molecule has 0 fully saturated rings. The fourth-order valence-corrected chi connectivity index (χ4v) is 3.29. The maximum Gasteiger partial charge on any atom is 0.258 e. The van der Waals surface area contributed by atoms with Crippen LogP contribution in [0.1, 0.15) is 39.9 Å². The second kappa shape index (κ2) is 8.32. The van der Waals surface area contributed by atoms with Crippen LogP contribution in [0, 0.1) is 20.8 Å². The number of nitrogens with two attached hydrogens (primary N) is 1. The summed E-state index contributed by atoms with van der Waals surface area (Å²) >= 11 is 0. The van der Waals surface area contributed by atoms with Crippen molar-refractivity contribution in [2.75, 3.05) is 5.32 Å². The van der Waals surface area contributed by atoms with Gasteiger partial charge in [0.25, 0.3) is 5.56 Å². The Morgan fingerprint density at radius 1 is 1.13 bits per heavy atom. The van der Waals surface area contributed by atoms with E-state index in [0.717, 1.165) is 11.4 Å². The molecule has 1 aromatic carbocycles. The molecule has 0 atom stereocenters. The second-order valence-electron chi connectivity index (χ2n) is 7.05. The van der Waals surface area contributed by atoms with Crippen LogP contribution in [0.25, 0.3) is 5.95 Å². The molecule has 9 nitrogen and oxygen atoms in total. The summed E-state index contributed by atoms with van der Waals surface area (Å²) in [5, 5.41) is 7.14. The number of nitrogens with zero attached hydrogens (tertiary/aromatic N) is 4. The van der Waals surface area contributed by atoms with Crippen molar-refractivity contribution in [1.82, 2.24) is 19.3 Å². The van der Waals surface area contributed by atoms with Crippen molar-refractivity contribution in [2.45, 2.75) is 40.7 Å². The Kier molecular flexibility index (Phi) is 5.81. The van der Waals surface area contributed by atoms with Crippen LogP contribution in [0.3, 0.4) is 0 Å². The fourth-order valence-electron chi connectivity index (χ4n) is 3.29. The quantitative estimate of drug-likeness (QED) is 0.642. The van der Waals surface area contributed by atoms with E-state index in [0.29, 0.717) is 34.9 Å². The summed E-state index contributed by atoms with van der Waals surface area (Å²) in [6, 6.07) is 8.07. The lowest BCUT2D eigenvalue weighted by Gasteiger charge is -2.16. The third kappa shape index (κ3) is 4.14. The van der Waals surface area contributed by atoms with Crippen molar-refractivity contribution in [3.8, 4) is 5.95 Å². The molecular formula is C21H24N6O3. The van der Waals surface area contributed by atoms with Gasteiger partial charge in [0, 0.05) is 22.5 Å². The molecule has 2 heterocycles. The van der Waals surface area contributed by atoms with Crippen molar-refractivity contribution < 1.29 is 9.59 Å². The standard InChI is InChI=1S/C21H24N6O3/c1-5-17-14(4)23-21(27-13(3)10-12(2)25-27)26(20(17)30)11-18(28)24-16-8-6-15(7-9-16)19(22)29/h6-10H,5,11H2,1-4H3,(H2,22,29)(H,24,28). The average molecular weight is 408 g/mol. The number of carbonyl (C=O) groups excluding carboxylic acids is 2. The molecule has 0 radical (unpaired) electrons. The number of primary amides is 1. The number of nitrogens with one attached hydrogen (secondary N) is 1. The van der Waals surface area contributed by atoms with E-state index in [9.17, 15) is 14.4 Å². The minimum absolute atomic E-state index is 0.232. The van der Waals surface area contributed by atoms with Gasteiger partial charge in [0.1, 0.15) is 6.54 Å². The molecular weight excluding hydrogens is 384 g/mol. The summed E-state index contributed by atoms with van der Waals surface area (Å²) in [7, 11) is 0. The van der Waals surface area contributed by atoms with Gasteiger partial charge in [0.2, 0.25) is 17.8 Å². The minimum atomic E-state index is -0.549. The van der Waals surface area contributed by atoms with Crippen LogP contribution in [-0.4, -0.2) is 31.1 Å². The lowest BCUT2D eigenvalue weighted by molar-refractivity contribution is -0.116. The first-order valence-electron chi connectivity index (χ1n) is 9.55. The Morgan fingerprint density at radius 3 is 2.33 bits per heavy atom. The number of rotatable bonds is 6. The first kappa shape index (κ1) is 21.0.